The van der Waals surface area contributed by atoms with Gasteiger partial charge in [-0.3, -0.25) is 4.79 Å². The zero-order valence-corrected chi connectivity index (χ0v) is 11.2. The molecule has 1 rings (SSSR count). The number of aliphatic hydroxyl groups is 1. The van der Waals surface area contributed by atoms with Crippen LogP contribution in [0, 0.1) is 6.92 Å². The molecule has 0 amide bonds. The highest BCUT2D eigenvalue weighted by Gasteiger charge is 2.24. The lowest BCUT2D eigenvalue weighted by molar-refractivity contribution is 0.111. The van der Waals surface area contributed by atoms with Crippen molar-refractivity contribution in [2.24, 2.45) is 0 Å². The lowest BCUT2D eigenvalue weighted by Crippen LogP contribution is -2.02. The highest BCUT2D eigenvalue weighted by molar-refractivity contribution is 6.33. The Morgan fingerprint density at radius 3 is 2.44 bits per heavy atom. The maximum atomic E-state index is 10.9. The molecule has 3 N–H and O–H groups in total. The van der Waals surface area contributed by atoms with Crippen LogP contribution in [-0.2, 0) is 0 Å². The molecule has 1 atom stereocenters. The van der Waals surface area contributed by atoms with E-state index < -0.39 is 11.9 Å². The standard InChI is InChI=1S/C13H17ClO4/c1-3-4-5-9(16)10-12(17)8(6-15)7(2)11(14)13(10)18/h6,9,16-18H,3-5H2,1-2H3. The monoisotopic (exact) mass is 272 g/mol. The second kappa shape index (κ2) is 6.07. The molecule has 1 aromatic carbocycles. The number of carbonyl (C=O) groups is 1. The molecule has 5 heteroatoms. The van der Waals surface area contributed by atoms with Crippen molar-refractivity contribution in [3.05, 3.63) is 21.7 Å². The molecule has 4 nitrogen and oxygen atoms in total. The van der Waals surface area contributed by atoms with Crippen molar-refractivity contribution in [1.82, 2.24) is 0 Å². The van der Waals surface area contributed by atoms with E-state index in [-0.39, 0.29) is 21.9 Å². The van der Waals surface area contributed by atoms with Crippen LogP contribution in [0.2, 0.25) is 5.02 Å². The number of aromatic hydroxyl groups is 2. The maximum Gasteiger partial charge on any atom is 0.154 e. The van der Waals surface area contributed by atoms with Crippen molar-refractivity contribution in [3.63, 3.8) is 0 Å². The fourth-order valence-electron chi connectivity index (χ4n) is 1.85. The summed E-state index contributed by atoms with van der Waals surface area (Å²) in [6.07, 6.45) is 1.42. The molecule has 0 aliphatic carbocycles. The highest BCUT2D eigenvalue weighted by Crippen LogP contribution is 2.44. The van der Waals surface area contributed by atoms with Gasteiger partial charge in [0.2, 0.25) is 0 Å². The van der Waals surface area contributed by atoms with Gasteiger partial charge in [-0.25, -0.2) is 0 Å². The molecule has 0 saturated heterocycles. The second-order valence-corrected chi connectivity index (χ2v) is 4.62. The molecule has 100 valence electrons. The van der Waals surface area contributed by atoms with Crippen molar-refractivity contribution in [3.8, 4) is 11.5 Å². The Morgan fingerprint density at radius 1 is 1.33 bits per heavy atom. The Balaban J connectivity index is 3.34. The van der Waals surface area contributed by atoms with Gasteiger partial charge in [0.05, 0.1) is 22.3 Å². The quantitative estimate of drug-likeness (QED) is 0.720. The summed E-state index contributed by atoms with van der Waals surface area (Å²) < 4.78 is 0. The first kappa shape index (κ1) is 14.8. The minimum Gasteiger partial charge on any atom is -0.507 e. The highest BCUT2D eigenvalue weighted by atomic mass is 35.5. The minimum absolute atomic E-state index is 0.00310. The lowest BCUT2D eigenvalue weighted by Gasteiger charge is -2.18. The third-order valence-electron chi connectivity index (χ3n) is 2.99. The number of carbonyl (C=O) groups excluding carboxylic acids is 1. The molecule has 0 fully saturated rings. The topological polar surface area (TPSA) is 77.8 Å². The van der Waals surface area contributed by atoms with Crippen LogP contribution in [0.5, 0.6) is 11.5 Å². The number of rotatable bonds is 5. The van der Waals surface area contributed by atoms with Crippen LogP contribution in [-0.4, -0.2) is 21.6 Å². The molecule has 0 heterocycles. The van der Waals surface area contributed by atoms with Crippen molar-refractivity contribution in [1.29, 1.82) is 0 Å². The summed E-state index contributed by atoms with van der Waals surface area (Å²) in [5, 5.41) is 29.8. The third kappa shape index (κ3) is 2.60. The lowest BCUT2D eigenvalue weighted by atomic mass is 9.96. The van der Waals surface area contributed by atoms with Gasteiger partial charge in [0.25, 0.3) is 0 Å². The fourth-order valence-corrected chi connectivity index (χ4v) is 2.05. The number of unbranched alkanes of at least 4 members (excludes halogenated alkanes) is 1. The SMILES string of the molecule is CCCCC(O)c1c(O)c(Cl)c(C)c(C=O)c1O. The molecule has 0 radical (unpaired) electrons. The maximum absolute atomic E-state index is 10.9. The first-order valence-corrected chi connectivity index (χ1v) is 6.20. The molecule has 0 aliphatic heterocycles. The van der Waals surface area contributed by atoms with E-state index in [1.807, 2.05) is 6.92 Å². The van der Waals surface area contributed by atoms with Crippen LogP contribution in [0.1, 0.15) is 53.8 Å². The van der Waals surface area contributed by atoms with Crippen LogP contribution >= 0.6 is 11.6 Å². The molecule has 0 aliphatic rings. The van der Waals surface area contributed by atoms with E-state index in [1.54, 1.807) is 0 Å². The van der Waals surface area contributed by atoms with Crippen LogP contribution in [0.4, 0.5) is 0 Å². The Bertz CT molecular complexity index is 457. The van der Waals surface area contributed by atoms with E-state index in [2.05, 4.69) is 0 Å². The van der Waals surface area contributed by atoms with Crippen LogP contribution in [0.25, 0.3) is 0 Å². The number of aliphatic hydroxyl groups excluding tert-OH is 1. The Labute approximate surface area is 111 Å². The third-order valence-corrected chi connectivity index (χ3v) is 3.45. The number of phenols is 2. The van der Waals surface area contributed by atoms with Crippen molar-refractivity contribution in [2.45, 2.75) is 39.2 Å². The molecule has 0 bridgehead atoms. The first-order valence-electron chi connectivity index (χ1n) is 5.82. The number of aldehydes is 1. The number of phenolic OH excluding ortho intramolecular Hbond substituents is 2. The van der Waals surface area contributed by atoms with Gasteiger partial charge < -0.3 is 15.3 Å². The number of benzene rings is 1. The van der Waals surface area contributed by atoms with E-state index in [0.717, 1.165) is 12.8 Å². The molecule has 0 spiro atoms. The van der Waals surface area contributed by atoms with E-state index >= 15 is 0 Å². The van der Waals surface area contributed by atoms with Crippen molar-refractivity contribution >= 4 is 17.9 Å². The van der Waals surface area contributed by atoms with E-state index in [1.165, 1.54) is 6.92 Å². The Morgan fingerprint density at radius 2 is 1.94 bits per heavy atom. The summed E-state index contributed by atoms with van der Waals surface area (Å²) >= 11 is 5.89. The summed E-state index contributed by atoms with van der Waals surface area (Å²) in [6, 6.07) is 0. The van der Waals surface area contributed by atoms with Gasteiger partial charge >= 0.3 is 0 Å². The first-order chi connectivity index (χ1) is 8.45. The predicted molar refractivity (Wildman–Crippen MR) is 69.4 cm³/mol. The van der Waals surface area contributed by atoms with Gasteiger partial charge in [-0.1, -0.05) is 31.4 Å². The van der Waals surface area contributed by atoms with Gasteiger partial charge in [0.15, 0.2) is 6.29 Å². The summed E-state index contributed by atoms with van der Waals surface area (Å²) in [5.74, 6) is -0.756. The second-order valence-electron chi connectivity index (χ2n) is 4.24. The van der Waals surface area contributed by atoms with Crippen LogP contribution < -0.4 is 0 Å². The van der Waals surface area contributed by atoms with Gasteiger partial charge in [-0.2, -0.15) is 0 Å². The minimum atomic E-state index is -1.04. The van der Waals surface area contributed by atoms with Crippen LogP contribution in [0.3, 0.4) is 0 Å². The van der Waals surface area contributed by atoms with E-state index in [4.69, 9.17) is 11.6 Å². The number of hydrogen-bond acceptors (Lipinski definition) is 4. The van der Waals surface area contributed by atoms with Gasteiger partial charge in [-0.15, -0.1) is 0 Å². The average Bonchev–Trinajstić information content (AvgIpc) is 2.34. The molecule has 1 unspecified atom stereocenters. The predicted octanol–water partition coefficient (Wildman–Crippen LogP) is 3.10. The Kier molecular flexibility index (Phi) is 4.99. The number of hydrogen-bond donors (Lipinski definition) is 3. The fraction of sp³-hybridized carbons (Fsp3) is 0.462. The smallest absolute Gasteiger partial charge is 0.154 e. The Hall–Kier alpha value is -1.26. The normalized spacial score (nSPS) is 12.4. The molecule has 1 aromatic rings. The molecule has 18 heavy (non-hydrogen) atoms. The van der Waals surface area contributed by atoms with E-state index in [0.29, 0.717) is 18.3 Å². The summed E-state index contributed by atoms with van der Waals surface area (Å²) in [7, 11) is 0. The summed E-state index contributed by atoms with van der Waals surface area (Å²) in [4.78, 5) is 10.9. The molecular weight excluding hydrogens is 256 g/mol. The molecule has 0 saturated carbocycles. The summed E-state index contributed by atoms with van der Waals surface area (Å²) in [6.45, 7) is 3.49. The van der Waals surface area contributed by atoms with E-state index in [9.17, 15) is 20.1 Å². The zero-order valence-electron chi connectivity index (χ0n) is 10.4. The molecule has 0 aromatic heterocycles. The largest absolute Gasteiger partial charge is 0.507 e. The van der Waals surface area contributed by atoms with Crippen molar-refractivity contribution in [2.75, 3.05) is 0 Å². The molecular formula is C13H17ClO4. The van der Waals surface area contributed by atoms with Gasteiger partial charge in [0.1, 0.15) is 11.5 Å². The van der Waals surface area contributed by atoms with Gasteiger partial charge in [0, 0.05) is 0 Å². The van der Waals surface area contributed by atoms with Gasteiger partial charge in [-0.05, 0) is 18.9 Å². The van der Waals surface area contributed by atoms with Crippen LogP contribution in [0.15, 0.2) is 0 Å². The average molecular weight is 273 g/mol. The number of halogens is 1. The zero-order chi connectivity index (χ0) is 13.9. The van der Waals surface area contributed by atoms with Crippen molar-refractivity contribution < 1.29 is 20.1 Å². The summed E-state index contributed by atoms with van der Waals surface area (Å²) in [5.41, 5.74) is 0.234.